The highest BCUT2D eigenvalue weighted by Crippen LogP contribution is 2.33. The lowest BCUT2D eigenvalue weighted by atomic mass is 10.2. The molecular weight excluding hydrogens is 366 g/mol. The second kappa shape index (κ2) is 8.42. The number of hydrogen-bond acceptors (Lipinski definition) is 3. The molecule has 0 radical (unpaired) electrons. The summed E-state index contributed by atoms with van der Waals surface area (Å²) in [6.07, 6.45) is 0. The van der Waals surface area contributed by atoms with Crippen LogP contribution >= 0.6 is 27.5 Å². The van der Waals surface area contributed by atoms with Crippen LogP contribution in [-0.2, 0) is 13.1 Å². The maximum atomic E-state index is 6.16. The molecule has 118 valence electrons. The van der Waals surface area contributed by atoms with Gasteiger partial charge < -0.3 is 14.8 Å². The average Bonchev–Trinajstić information content (AvgIpc) is 2.52. The van der Waals surface area contributed by atoms with Crippen LogP contribution in [0.15, 0.2) is 40.9 Å². The van der Waals surface area contributed by atoms with Gasteiger partial charge in [-0.05, 0) is 36.2 Å². The van der Waals surface area contributed by atoms with Crippen molar-refractivity contribution in [2.45, 2.75) is 20.0 Å². The van der Waals surface area contributed by atoms with E-state index in [0.717, 1.165) is 32.1 Å². The Balaban J connectivity index is 2.06. The molecule has 0 atom stereocenters. The maximum absolute atomic E-state index is 6.16. The number of methoxy groups -OCH3 is 1. The maximum Gasteiger partial charge on any atom is 0.161 e. The molecule has 0 bridgehead atoms. The van der Waals surface area contributed by atoms with Crippen LogP contribution in [0.2, 0.25) is 5.02 Å². The quantitative estimate of drug-likeness (QED) is 0.744. The molecule has 0 aliphatic heterocycles. The van der Waals surface area contributed by atoms with Crippen molar-refractivity contribution in [3.05, 3.63) is 57.0 Å². The number of hydrogen-bond donors (Lipinski definition) is 1. The van der Waals surface area contributed by atoms with Gasteiger partial charge in [0, 0.05) is 22.6 Å². The zero-order valence-corrected chi connectivity index (χ0v) is 15.0. The molecule has 2 aromatic carbocycles. The summed E-state index contributed by atoms with van der Waals surface area (Å²) in [5, 5.41) is 4.17. The summed E-state index contributed by atoms with van der Waals surface area (Å²) in [7, 11) is 1.64. The predicted molar refractivity (Wildman–Crippen MR) is 93.9 cm³/mol. The van der Waals surface area contributed by atoms with E-state index in [1.165, 1.54) is 0 Å². The lowest BCUT2D eigenvalue weighted by Crippen LogP contribution is -2.13. The third-order valence-corrected chi connectivity index (χ3v) is 4.33. The Labute approximate surface area is 144 Å². The molecule has 2 rings (SSSR count). The van der Waals surface area contributed by atoms with Crippen molar-refractivity contribution in [3.63, 3.8) is 0 Å². The van der Waals surface area contributed by atoms with E-state index in [4.69, 9.17) is 21.1 Å². The van der Waals surface area contributed by atoms with Crippen molar-refractivity contribution in [2.75, 3.05) is 13.7 Å². The Morgan fingerprint density at radius 1 is 1.09 bits per heavy atom. The number of halogens is 2. The molecule has 0 fully saturated rings. The lowest BCUT2D eigenvalue weighted by Gasteiger charge is -2.14. The summed E-state index contributed by atoms with van der Waals surface area (Å²) >= 11 is 9.73. The topological polar surface area (TPSA) is 30.5 Å². The Morgan fingerprint density at radius 2 is 1.82 bits per heavy atom. The molecule has 22 heavy (non-hydrogen) atoms. The molecule has 0 spiro atoms. The number of ether oxygens (including phenoxy) is 2. The number of nitrogens with one attached hydrogen (secondary N) is 1. The molecule has 0 aliphatic rings. The summed E-state index contributed by atoms with van der Waals surface area (Å²) in [6, 6.07) is 11.8. The molecule has 0 saturated carbocycles. The molecular formula is C17H19BrClNO2. The Bertz CT molecular complexity index is 634. The average molecular weight is 385 g/mol. The van der Waals surface area contributed by atoms with Gasteiger partial charge in [0.1, 0.15) is 0 Å². The van der Waals surface area contributed by atoms with Crippen molar-refractivity contribution in [1.82, 2.24) is 5.32 Å². The van der Waals surface area contributed by atoms with Crippen LogP contribution in [-0.4, -0.2) is 13.7 Å². The minimum Gasteiger partial charge on any atom is -0.493 e. The lowest BCUT2D eigenvalue weighted by molar-refractivity contribution is 0.310. The second-order valence-electron chi connectivity index (χ2n) is 4.72. The van der Waals surface area contributed by atoms with Crippen molar-refractivity contribution < 1.29 is 9.47 Å². The van der Waals surface area contributed by atoms with Crippen LogP contribution < -0.4 is 14.8 Å². The normalized spacial score (nSPS) is 10.5. The summed E-state index contributed by atoms with van der Waals surface area (Å²) in [4.78, 5) is 0. The van der Waals surface area contributed by atoms with E-state index >= 15 is 0 Å². The molecule has 0 amide bonds. The van der Waals surface area contributed by atoms with Crippen molar-refractivity contribution in [1.29, 1.82) is 0 Å². The van der Waals surface area contributed by atoms with E-state index in [1.807, 2.05) is 43.3 Å². The standard InChI is InChI=1S/C17H19BrClNO2/c1-3-22-17-8-13(14(18)9-16(17)21-2)11-20-10-12-6-4-5-7-15(12)19/h4-9,20H,3,10-11H2,1-2H3. The first kappa shape index (κ1) is 17.1. The van der Waals surface area contributed by atoms with Gasteiger partial charge in [-0.15, -0.1) is 0 Å². The van der Waals surface area contributed by atoms with E-state index in [-0.39, 0.29) is 0 Å². The van der Waals surface area contributed by atoms with Crippen molar-refractivity contribution >= 4 is 27.5 Å². The molecule has 0 unspecified atom stereocenters. The van der Waals surface area contributed by atoms with Gasteiger partial charge in [-0.3, -0.25) is 0 Å². The van der Waals surface area contributed by atoms with Gasteiger partial charge in [-0.25, -0.2) is 0 Å². The molecule has 2 aromatic rings. The SMILES string of the molecule is CCOc1cc(CNCc2ccccc2Cl)c(Br)cc1OC. The van der Waals surface area contributed by atoms with Gasteiger partial charge in [0.05, 0.1) is 13.7 Å². The van der Waals surface area contributed by atoms with Gasteiger partial charge in [0.2, 0.25) is 0 Å². The fourth-order valence-electron chi connectivity index (χ4n) is 2.11. The van der Waals surface area contributed by atoms with Crippen LogP contribution in [0.25, 0.3) is 0 Å². The summed E-state index contributed by atoms with van der Waals surface area (Å²) < 4.78 is 11.9. The van der Waals surface area contributed by atoms with Crippen LogP contribution in [0.1, 0.15) is 18.1 Å². The first-order valence-corrected chi connectivity index (χ1v) is 8.26. The molecule has 3 nitrogen and oxygen atoms in total. The Morgan fingerprint density at radius 3 is 2.50 bits per heavy atom. The highest BCUT2D eigenvalue weighted by Gasteiger charge is 2.10. The van der Waals surface area contributed by atoms with E-state index in [0.29, 0.717) is 19.7 Å². The molecule has 0 aromatic heterocycles. The van der Waals surface area contributed by atoms with Gasteiger partial charge in [-0.2, -0.15) is 0 Å². The van der Waals surface area contributed by atoms with Gasteiger partial charge in [0.15, 0.2) is 11.5 Å². The Hall–Kier alpha value is -1.23. The summed E-state index contributed by atoms with van der Waals surface area (Å²) in [5.74, 6) is 1.48. The first-order chi connectivity index (χ1) is 10.7. The van der Waals surface area contributed by atoms with Crippen LogP contribution in [0, 0.1) is 0 Å². The van der Waals surface area contributed by atoms with Crippen molar-refractivity contribution in [2.24, 2.45) is 0 Å². The van der Waals surface area contributed by atoms with Crippen LogP contribution in [0.4, 0.5) is 0 Å². The van der Waals surface area contributed by atoms with Gasteiger partial charge in [-0.1, -0.05) is 45.7 Å². The summed E-state index contributed by atoms with van der Waals surface area (Å²) in [6.45, 7) is 3.97. The first-order valence-electron chi connectivity index (χ1n) is 7.09. The summed E-state index contributed by atoms with van der Waals surface area (Å²) in [5.41, 5.74) is 2.19. The Kier molecular flexibility index (Phi) is 6.55. The zero-order valence-electron chi connectivity index (χ0n) is 12.7. The van der Waals surface area contributed by atoms with Crippen LogP contribution in [0.5, 0.6) is 11.5 Å². The monoisotopic (exact) mass is 383 g/mol. The fraction of sp³-hybridized carbons (Fsp3) is 0.294. The molecule has 0 saturated heterocycles. The molecule has 1 N–H and O–H groups in total. The van der Waals surface area contributed by atoms with Crippen LogP contribution in [0.3, 0.4) is 0 Å². The van der Waals surface area contributed by atoms with Crippen molar-refractivity contribution in [3.8, 4) is 11.5 Å². The fourth-order valence-corrected chi connectivity index (χ4v) is 2.78. The highest BCUT2D eigenvalue weighted by atomic mass is 79.9. The number of benzene rings is 2. The smallest absolute Gasteiger partial charge is 0.161 e. The van der Waals surface area contributed by atoms with E-state index in [9.17, 15) is 0 Å². The molecule has 0 aliphatic carbocycles. The second-order valence-corrected chi connectivity index (χ2v) is 5.98. The molecule has 5 heteroatoms. The minimum absolute atomic E-state index is 0.602. The number of rotatable bonds is 7. The van der Waals surface area contributed by atoms with E-state index < -0.39 is 0 Å². The molecule has 0 heterocycles. The minimum atomic E-state index is 0.602. The predicted octanol–water partition coefficient (Wildman–Crippen LogP) is 4.80. The highest BCUT2D eigenvalue weighted by molar-refractivity contribution is 9.10. The van der Waals surface area contributed by atoms with Gasteiger partial charge >= 0.3 is 0 Å². The zero-order chi connectivity index (χ0) is 15.9. The van der Waals surface area contributed by atoms with E-state index in [1.54, 1.807) is 7.11 Å². The van der Waals surface area contributed by atoms with Gasteiger partial charge in [0.25, 0.3) is 0 Å². The largest absolute Gasteiger partial charge is 0.493 e. The third kappa shape index (κ3) is 4.38. The van der Waals surface area contributed by atoms with E-state index in [2.05, 4.69) is 21.2 Å². The third-order valence-electron chi connectivity index (χ3n) is 3.22.